The van der Waals surface area contributed by atoms with Gasteiger partial charge in [-0.15, -0.1) is 0 Å². The molecular formula is C20H22N2O3S. The number of amides is 1. The first-order chi connectivity index (χ1) is 12.2. The number of nitrogens with zero attached hydrogens (tertiary/aromatic N) is 2. The minimum absolute atomic E-state index is 0.0308. The Morgan fingerprint density at radius 3 is 2.31 bits per heavy atom. The molecule has 0 aliphatic rings. The second-order valence-electron chi connectivity index (χ2n) is 6.61. The predicted octanol–water partition coefficient (Wildman–Crippen LogP) is 3.15. The maximum absolute atomic E-state index is 13.0. The summed E-state index contributed by atoms with van der Waals surface area (Å²) in [6.07, 6.45) is 1.17. The van der Waals surface area contributed by atoms with Gasteiger partial charge in [0, 0.05) is 24.4 Å². The minimum Gasteiger partial charge on any atom is -0.332 e. The van der Waals surface area contributed by atoms with E-state index in [4.69, 9.17) is 5.26 Å². The molecule has 136 valence electrons. The Hall–Kier alpha value is -2.65. The van der Waals surface area contributed by atoms with Crippen molar-refractivity contribution in [3.05, 3.63) is 70.8 Å². The van der Waals surface area contributed by atoms with Crippen molar-refractivity contribution in [1.29, 1.82) is 5.26 Å². The van der Waals surface area contributed by atoms with Gasteiger partial charge in [-0.25, -0.2) is 8.42 Å². The molecule has 0 fully saturated rings. The fourth-order valence-electron chi connectivity index (χ4n) is 2.63. The van der Waals surface area contributed by atoms with E-state index in [1.165, 1.54) is 6.26 Å². The van der Waals surface area contributed by atoms with Gasteiger partial charge in [0.1, 0.15) is 0 Å². The number of sulfone groups is 1. The second-order valence-corrected chi connectivity index (χ2v) is 8.75. The molecule has 1 amide bonds. The van der Waals surface area contributed by atoms with Crippen molar-refractivity contribution in [3.63, 3.8) is 0 Å². The monoisotopic (exact) mass is 370 g/mol. The van der Waals surface area contributed by atoms with Crippen LogP contribution in [0, 0.1) is 11.3 Å². The van der Waals surface area contributed by atoms with Gasteiger partial charge in [-0.3, -0.25) is 4.79 Å². The largest absolute Gasteiger partial charge is 0.332 e. The van der Waals surface area contributed by atoms with E-state index < -0.39 is 9.84 Å². The van der Waals surface area contributed by atoms with Gasteiger partial charge in [0.2, 0.25) is 0 Å². The van der Waals surface area contributed by atoms with E-state index in [1.807, 2.05) is 26.0 Å². The number of nitriles is 1. The molecule has 2 aromatic rings. The smallest absolute Gasteiger partial charge is 0.254 e. The molecule has 0 unspecified atom stereocenters. The first-order valence-electron chi connectivity index (χ1n) is 8.26. The summed E-state index contributed by atoms with van der Waals surface area (Å²) in [5.41, 5.74) is 2.57. The van der Waals surface area contributed by atoms with Crippen molar-refractivity contribution in [1.82, 2.24) is 4.90 Å². The summed E-state index contributed by atoms with van der Waals surface area (Å²) in [6.45, 7) is 4.28. The fraction of sp³-hybridized carbons (Fsp3) is 0.300. The van der Waals surface area contributed by atoms with Gasteiger partial charge in [0.15, 0.2) is 9.84 Å². The van der Waals surface area contributed by atoms with Gasteiger partial charge in [-0.2, -0.15) is 5.26 Å². The number of carbonyl (C=O) groups is 1. The molecule has 0 heterocycles. The van der Waals surface area contributed by atoms with Crippen molar-refractivity contribution in [2.45, 2.75) is 32.2 Å². The molecule has 2 rings (SSSR count). The van der Waals surface area contributed by atoms with Crippen molar-refractivity contribution in [2.75, 3.05) is 6.26 Å². The Morgan fingerprint density at radius 1 is 1.12 bits per heavy atom. The standard InChI is InChI=1S/C20H22N2O3S/c1-15(2)22(13-17-9-7-16(12-21)8-10-17)20(23)19-6-4-5-18(11-19)14-26(3,24)25/h4-11,15H,13-14H2,1-3H3. The molecule has 0 saturated carbocycles. The second kappa shape index (κ2) is 8.15. The van der Waals surface area contributed by atoms with Crippen LogP contribution in [0.5, 0.6) is 0 Å². The van der Waals surface area contributed by atoms with E-state index in [2.05, 4.69) is 6.07 Å². The number of hydrogen-bond donors (Lipinski definition) is 0. The van der Waals surface area contributed by atoms with Crippen molar-refractivity contribution in [2.24, 2.45) is 0 Å². The fourth-order valence-corrected chi connectivity index (χ4v) is 3.42. The van der Waals surface area contributed by atoms with Gasteiger partial charge in [-0.05, 0) is 49.2 Å². The Morgan fingerprint density at radius 2 is 1.77 bits per heavy atom. The SMILES string of the molecule is CC(C)N(Cc1ccc(C#N)cc1)C(=O)c1cccc(CS(C)(=O)=O)c1. The molecule has 0 atom stereocenters. The first-order valence-corrected chi connectivity index (χ1v) is 10.3. The molecule has 0 radical (unpaired) electrons. The van der Waals surface area contributed by atoms with Crippen LogP contribution < -0.4 is 0 Å². The normalized spacial score (nSPS) is 11.2. The van der Waals surface area contributed by atoms with Crippen molar-refractivity contribution < 1.29 is 13.2 Å². The molecule has 0 aromatic heterocycles. The Labute approximate surface area is 154 Å². The summed E-state index contributed by atoms with van der Waals surface area (Å²) in [6, 6.07) is 15.9. The molecule has 6 heteroatoms. The van der Waals surface area contributed by atoms with Gasteiger partial charge in [0.05, 0.1) is 17.4 Å². The van der Waals surface area contributed by atoms with Crippen molar-refractivity contribution >= 4 is 15.7 Å². The summed E-state index contributed by atoms with van der Waals surface area (Å²) in [5, 5.41) is 8.88. The molecule has 0 spiro atoms. The van der Waals surface area contributed by atoms with E-state index in [-0.39, 0.29) is 17.7 Å². The molecule has 0 aliphatic carbocycles. The van der Waals surface area contributed by atoms with E-state index in [9.17, 15) is 13.2 Å². The number of hydrogen-bond acceptors (Lipinski definition) is 4. The quantitative estimate of drug-likeness (QED) is 0.782. The number of carbonyl (C=O) groups excluding carboxylic acids is 1. The summed E-state index contributed by atoms with van der Waals surface area (Å²) in [7, 11) is -3.16. The summed E-state index contributed by atoms with van der Waals surface area (Å²) >= 11 is 0. The molecule has 0 saturated heterocycles. The zero-order valence-corrected chi connectivity index (χ0v) is 16.0. The van der Waals surface area contributed by atoms with Crippen LogP contribution >= 0.6 is 0 Å². The molecule has 2 aromatic carbocycles. The number of benzene rings is 2. The summed E-state index contributed by atoms with van der Waals surface area (Å²) in [5.74, 6) is -0.245. The zero-order valence-electron chi connectivity index (χ0n) is 15.1. The van der Waals surface area contributed by atoms with E-state index in [0.717, 1.165) is 5.56 Å². The summed E-state index contributed by atoms with van der Waals surface area (Å²) < 4.78 is 23.0. The summed E-state index contributed by atoms with van der Waals surface area (Å²) in [4.78, 5) is 14.7. The lowest BCUT2D eigenvalue weighted by atomic mass is 10.1. The van der Waals surface area contributed by atoms with Gasteiger partial charge in [-0.1, -0.05) is 24.3 Å². The van der Waals surface area contributed by atoms with Crippen LogP contribution in [0.25, 0.3) is 0 Å². The van der Waals surface area contributed by atoms with Gasteiger partial charge in [0.25, 0.3) is 5.91 Å². The third-order valence-corrected chi connectivity index (χ3v) is 4.78. The molecule has 0 N–H and O–H groups in total. The average Bonchev–Trinajstić information content (AvgIpc) is 2.58. The van der Waals surface area contributed by atoms with Crippen LogP contribution in [0.15, 0.2) is 48.5 Å². The molecule has 0 aliphatic heterocycles. The van der Waals surface area contributed by atoms with Crippen LogP contribution in [-0.4, -0.2) is 31.5 Å². The predicted molar refractivity (Wildman–Crippen MR) is 101 cm³/mol. The Kier molecular flexibility index (Phi) is 6.17. The first kappa shape index (κ1) is 19.7. The molecule has 0 bridgehead atoms. The van der Waals surface area contributed by atoms with Crippen LogP contribution in [0.4, 0.5) is 0 Å². The maximum atomic E-state index is 13.0. The molecular weight excluding hydrogens is 348 g/mol. The van der Waals surface area contributed by atoms with Gasteiger partial charge < -0.3 is 4.90 Å². The average molecular weight is 370 g/mol. The lowest BCUT2D eigenvalue weighted by Gasteiger charge is -2.27. The van der Waals surface area contributed by atoms with Crippen LogP contribution in [0.1, 0.15) is 40.9 Å². The highest BCUT2D eigenvalue weighted by molar-refractivity contribution is 7.89. The third-order valence-electron chi connectivity index (χ3n) is 3.92. The maximum Gasteiger partial charge on any atom is 0.254 e. The number of rotatable bonds is 6. The Bertz CT molecular complexity index is 926. The highest BCUT2D eigenvalue weighted by Gasteiger charge is 2.20. The third kappa shape index (κ3) is 5.43. The van der Waals surface area contributed by atoms with Crippen LogP contribution in [0.3, 0.4) is 0 Å². The topological polar surface area (TPSA) is 78.2 Å². The van der Waals surface area contributed by atoms with E-state index >= 15 is 0 Å². The van der Waals surface area contributed by atoms with Gasteiger partial charge >= 0.3 is 0 Å². The zero-order chi connectivity index (χ0) is 19.3. The van der Waals surface area contributed by atoms with Crippen LogP contribution in [-0.2, 0) is 22.1 Å². The Balaban J connectivity index is 2.25. The molecule has 26 heavy (non-hydrogen) atoms. The highest BCUT2D eigenvalue weighted by atomic mass is 32.2. The lowest BCUT2D eigenvalue weighted by Crippen LogP contribution is -2.36. The highest BCUT2D eigenvalue weighted by Crippen LogP contribution is 2.16. The van der Waals surface area contributed by atoms with E-state index in [0.29, 0.717) is 23.2 Å². The minimum atomic E-state index is -3.16. The van der Waals surface area contributed by atoms with E-state index in [1.54, 1.807) is 41.3 Å². The van der Waals surface area contributed by atoms with Crippen LogP contribution in [0.2, 0.25) is 0 Å². The molecule has 5 nitrogen and oxygen atoms in total. The lowest BCUT2D eigenvalue weighted by molar-refractivity contribution is 0.0690. The van der Waals surface area contributed by atoms with Crippen molar-refractivity contribution in [3.8, 4) is 6.07 Å².